The van der Waals surface area contributed by atoms with Gasteiger partial charge in [0.1, 0.15) is 5.82 Å². The Morgan fingerprint density at radius 3 is 2.72 bits per heavy atom. The van der Waals surface area contributed by atoms with E-state index in [0.29, 0.717) is 16.9 Å². The second kappa shape index (κ2) is 3.83. The van der Waals surface area contributed by atoms with Crippen LogP contribution in [0.4, 0.5) is 8.78 Å². The lowest BCUT2D eigenvalue weighted by Crippen LogP contribution is -2.27. The smallest absolute Gasteiger partial charge is 0.161 e. The molecule has 0 amide bonds. The molecule has 0 spiro atoms. The van der Waals surface area contributed by atoms with E-state index in [1.165, 1.54) is 0 Å². The minimum atomic E-state index is -0.898. The number of hydrogen-bond donors (Lipinski definition) is 3. The predicted molar refractivity (Wildman–Crippen MR) is 64.0 cm³/mol. The number of benzene rings is 1. The van der Waals surface area contributed by atoms with Crippen LogP contribution in [0.2, 0.25) is 0 Å². The van der Waals surface area contributed by atoms with Crippen molar-refractivity contribution in [2.75, 3.05) is 0 Å². The van der Waals surface area contributed by atoms with Gasteiger partial charge in [-0.15, -0.1) is 0 Å². The van der Waals surface area contributed by atoms with Gasteiger partial charge < -0.3 is 15.8 Å². The summed E-state index contributed by atoms with van der Waals surface area (Å²) in [6.45, 7) is 1.89. The molecule has 1 aromatic carbocycles. The Morgan fingerprint density at radius 1 is 1.17 bits per heavy atom. The number of H-pyrrole nitrogens is 1. The number of aromatic nitrogens is 2. The van der Waals surface area contributed by atoms with Gasteiger partial charge in [-0.05, 0) is 13.0 Å². The summed E-state index contributed by atoms with van der Waals surface area (Å²) in [6, 6.07) is 2.18. The molecule has 0 saturated carbocycles. The van der Waals surface area contributed by atoms with E-state index in [2.05, 4.69) is 20.8 Å². The molecule has 0 aliphatic carbocycles. The average molecular weight is 248 g/mol. The van der Waals surface area contributed by atoms with Crippen LogP contribution in [0, 0.1) is 11.6 Å². The van der Waals surface area contributed by atoms with Gasteiger partial charge in [-0.2, -0.15) is 0 Å². The Labute approximate surface area is 101 Å². The van der Waals surface area contributed by atoms with Gasteiger partial charge in [0, 0.05) is 29.6 Å². The van der Waals surface area contributed by atoms with Gasteiger partial charge in [-0.3, -0.25) is 0 Å². The van der Waals surface area contributed by atoms with Crippen LogP contribution < -0.4 is 10.9 Å². The van der Waals surface area contributed by atoms with Crippen LogP contribution in [0.1, 0.15) is 12.7 Å². The molecule has 0 atom stereocenters. The maximum Gasteiger partial charge on any atom is 0.161 e. The zero-order chi connectivity index (χ0) is 12.7. The first kappa shape index (κ1) is 10.8. The van der Waals surface area contributed by atoms with Crippen LogP contribution in [-0.2, 0) is 0 Å². The number of rotatable bonds is 1. The van der Waals surface area contributed by atoms with E-state index >= 15 is 0 Å². The molecule has 1 aliphatic heterocycles. The fourth-order valence-electron chi connectivity index (χ4n) is 1.82. The van der Waals surface area contributed by atoms with E-state index in [1.54, 1.807) is 6.20 Å². The van der Waals surface area contributed by atoms with Crippen molar-refractivity contribution in [3.63, 3.8) is 0 Å². The second-order valence-electron chi connectivity index (χ2n) is 4.07. The molecule has 18 heavy (non-hydrogen) atoms. The maximum absolute atomic E-state index is 13.1. The molecule has 3 rings (SSSR count). The summed E-state index contributed by atoms with van der Waals surface area (Å²) in [4.78, 5) is 7.19. The van der Waals surface area contributed by atoms with E-state index in [0.717, 1.165) is 23.4 Å². The molecule has 6 heteroatoms. The predicted octanol–water partition coefficient (Wildman–Crippen LogP) is 2.19. The van der Waals surface area contributed by atoms with Crippen LogP contribution in [0.3, 0.4) is 0 Å². The van der Waals surface area contributed by atoms with Crippen molar-refractivity contribution in [2.45, 2.75) is 6.92 Å². The van der Waals surface area contributed by atoms with E-state index in [9.17, 15) is 8.78 Å². The van der Waals surface area contributed by atoms with Crippen molar-refractivity contribution in [3.8, 4) is 0 Å². The van der Waals surface area contributed by atoms with E-state index in [-0.39, 0.29) is 0 Å². The van der Waals surface area contributed by atoms with Crippen LogP contribution >= 0.6 is 0 Å². The van der Waals surface area contributed by atoms with Gasteiger partial charge in [0.2, 0.25) is 0 Å². The highest BCUT2D eigenvalue weighted by Crippen LogP contribution is 2.21. The summed E-state index contributed by atoms with van der Waals surface area (Å²) in [5.41, 5.74) is 8.36. The molecular weight excluding hydrogens is 238 g/mol. The Kier molecular flexibility index (Phi) is 2.29. The molecule has 0 bridgehead atoms. The quantitative estimate of drug-likeness (QED) is 0.725. The topological polar surface area (TPSA) is 52.7 Å². The Bertz CT molecular complexity index is 646. The standard InChI is InChI=1S/C12H10F2N4/c1-6-2-7(5-15-18-6)12-16-10-3-8(13)9(14)4-11(10)17-12/h2-5,15,18H,1H3,(H,16,17). The zero-order valence-corrected chi connectivity index (χ0v) is 9.51. The maximum atomic E-state index is 13.1. The third-order valence-electron chi connectivity index (χ3n) is 2.67. The number of nitrogens with zero attached hydrogens (tertiary/aromatic N) is 1. The monoisotopic (exact) mass is 248 g/mol. The summed E-state index contributed by atoms with van der Waals surface area (Å²) < 4.78 is 26.2. The number of hydrogen-bond acceptors (Lipinski definition) is 3. The molecule has 0 fully saturated rings. The van der Waals surface area contributed by atoms with Crippen molar-refractivity contribution < 1.29 is 8.78 Å². The summed E-state index contributed by atoms with van der Waals surface area (Å²) >= 11 is 0. The molecule has 1 aliphatic rings. The number of hydrazine groups is 1. The third kappa shape index (κ3) is 1.71. The second-order valence-corrected chi connectivity index (χ2v) is 4.07. The molecule has 0 unspecified atom stereocenters. The van der Waals surface area contributed by atoms with Gasteiger partial charge in [0.25, 0.3) is 0 Å². The number of allylic oxidation sites excluding steroid dienone is 3. The van der Waals surface area contributed by atoms with Gasteiger partial charge in [-0.25, -0.2) is 13.8 Å². The fraction of sp³-hybridized carbons (Fsp3) is 0.0833. The number of fused-ring (bicyclic) bond motifs is 1. The highest BCUT2D eigenvalue weighted by molar-refractivity contribution is 5.81. The number of halogens is 2. The first-order valence-electron chi connectivity index (χ1n) is 5.38. The highest BCUT2D eigenvalue weighted by Gasteiger charge is 2.11. The summed E-state index contributed by atoms with van der Waals surface area (Å²) in [7, 11) is 0. The SMILES string of the molecule is CC1=CC(c2nc3cc(F)c(F)cc3[nH]2)=CNN1. The van der Waals surface area contributed by atoms with Crippen LogP contribution in [0.15, 0.2) is 30.1 Å². The molecule has 1 aromatic heterocycles. The Balaban J connectivity index is 2.11. The van der Waals surface area contributed by atoms with Gasteiger partial charge >= 0.3 is 0 Å². The lowest BCUT2D eigenvalue weighted by Gasteiger charge is -2.12. The molecule has 0 saturated heterocycles. The third-order valence-corrected chi connectivity index (χ3v) is 2.67. The number of aromatic amines is 1. The minimum absolute atomic E-state index is 0.398. The van der Waals surface area contributed by atoms with Crippen LogP contribution in [-0.4, -0.2) is 9.97 Å². The minimum Gasteiger partial charge on any atom is -0.338 e. The first-order chi connectivity index (χ1) is 8.63. The molecule has 0 radical (unpaired) electrons. The van der Waals surface area contributed by atoms with E-state index in [4.69, 9.17) is 0 Å². The van der Waals surface area contributed by atoms with Gasteiger partial charge in [-0.1, -0.05) is 0 Å². The zero-order valence-electron chi connectivity index (χ0n) is 9.51. The Hall–Kier alpha value is -2.37. The summed E-state index contributed by atoms with van der Waals surface area (Å²) in [5, 5.41) is 0. The van der Waals surface area contributed by atoms with Crippen LogP contribution in [0.25, 0.3) is 16.6 Å². The van der Waals surface area contributed by atoms with Crippen molar-refractivity contribution in [2.24, 2.45) is 0 Å². The lowest BCUT2D eigenvalue weighted by molar-refractivity contribution is 0.510. The average Bonchev–Trinajstić information content (AvgIpc) is 2.73. The van der Waals surface area contributed by atoms with Crippen molar-refractivity contribution in [3.05, 3.63) is 47.6 Å². The lowest BCUT2D eigenvalue weighted by atomic mass is 10.2. The molecular formula is C12H10F2N4. The van der Waals surface area contributed by atoms with E-state index in [1.807, 2.05) is 13.0 Å². The normalized spacial score (nSPS) is 14.8. The molecule has 2 heterocycles. The first-order valence-corrected chi connectivity index (χ1v) is 5.38. The largest absolute Gasteiger partial charge is 0.338 e. The fourth-order valence-corrected chi connectivity index (χ4v) is 1.82. The Morgan fingerprint density at radius 2 is 1.94 bits per heavy atom. The molecule has 3 N–H and O–H groups in total. The summed E-state index contributed by atoms with van der Waals surface area (Å²) in [6.07, 6.45) is 3.60. The van der Waals surface area contributed by atoms with Crippen LogP contribution in [0.5, 0.6) is 0 Å². The van der Waals surface area contributed by atoms with Gasteiger partial charge in [0.15, 0.2) is 11.6 Å². The van der Waals surface area contributed by atoms with Gasteiger partial charge in [0.05, 0.1) is 11.0 Å². The number of imidazole rings is 1. The molecule has 92 valence electrons. The van der Waals surface area contributed by atoms with Crippen molar-refractivity contribution in [1.82, 2.24) is 20.8 Å². The molecule has 4 nitrogen and oxygen atoms in total. The summed E-state index contributed by atoms with van der Waals surface area (Å²) in [5.74, 6) is -1.23. The molecule has 2 aromatic rings. The van der Waals surface area contributed by atoms with E-state index < -0.39 is 11.6 Å². The van der Waals surface area contributed by atoms with Crippen molar-refractivity contribution in [1.29, 1.82) is 0 Å². The number of nitrogens with one attached hydrogen (secondary N) is 3. The van der Waals surface area contributed by atoms with Crippen molar-refractivity contribution >= 4 is 16.6 Å². The highest BCUT2D eigenvalue weighted by atomic mass is 19.2.